The van der Waals surface area contributed by atoms with Gasteiger partial charge < -0.3 is 0 Å². The van der Waals surface area contributed by atoms with Crippen molar-refractivity contribution in [3.05, 3.63) is 23.8 Å². The maximum absolute atomic E-state index is 4.48. The second kappa shape index (κ2) is 9.74. The zero-order chi connectivity index (χ0) is 24.9. The van der Waals surface area contributed by atoms with Crippen LogP contribution in [0.15, 0.2) is 23.8 Å². The summed E-state index contributed by atoms with van der Waals surface area (Å²) in [5.74, 6) is 6.48. The molecule has 3 saturated carbocycles. The maximum atomic E-state index is 4.48. The highest BCUT2D eigenvalue weighted by Crippen LogP contribution is 2.67. The molecule has 0 bridgehead atoms. The first-order chi connectivity index (χ1) is 15.9. The number of fused-ring (bicyclic) bond motifs is 5. The lowest BCUT2D eigenvalue weighted by Crippen LogP contribution is -2.50. The van der Waals surface area contributed by atoms with Crippen LogP contribution in [0.3, 0.4) is 0 Å². The maximum Gasteiger partial charge on any atom is -0.00851 e. The van der Waals surface area contributed by atoms with Crippen LogP contribution in [-0.4, -0.2) is 0 Å². The minimum absolute atomic E-state index is 0.256. The first-order valence-corrected chi connectivity index (χ1v) is 15.2. The monoisotopic (exact) mass is 466 g/mol. The molecule has 8 unspecified atom stereocenters. The van der Waals surface area contributed by atoms with Gasteiger partial charge in [-0.15, -0.1) is 0 Å². The first kappa shape index (κ1) is 26.5. The number of hydrogen-bond donors (Lipinski definition) is 0. The minimum Gasteiger partial charge on any atom is -0.0993 e. The Hall–Kier alpha value is -0.520. The summed E-state index contributed by atoms with van der Waals surface area (Å²) >= 11 is 0. The van der Waals surface area contributed by atoms with Gasteiger partial charge in [0.2, 0.25) is 0 Å². The van der Waals surface area contributed by atoms with Gasteiger partial charge in [-0.3, -0.25) is 0 Å². The summed E-state index contributed by atoms with van der Waals surface area (Å²) in [6, 6.07) is 0. The van der Waals surface area contributed by atoms with Crippen LogP contribution < -0.4 is 0 Å². The first-order valence-electron chi connectivity index (χ1n) is 15.2. The van der Waals surface area contributed by atoms with Gasteiger partial charge in [0, 0.05) is 0 Å². The highest BCUT2D eigenvalue weighted by Gasteiger charge is 2.59. The number of allylic oxidation sites excluding steroid dienone is 3. The third kappa shape index (κ3) is 4.87. The number of rotatable bonds is 7. The van der Waals surface area contributed by atoms with Crippen LogP contribution in [0.25, 0.3) is 0 Å². The van der Waals surface area contributed by atoms with Gasteiger partial charge >= 0.3 is 0 Å². The van der Waals surface area contributed by atoms with Crippen LogP contribution in [0.5, 0.6) is 0 Å². The molecule has 34 heavy (non-hydrogen) atoms. The van der Waals surface area contributed by atoms with E-state index < -0.39 is 0 Å². The molecule has 0 aromatic rings. The van der Waals surface area contributed by atoms with E-state index in [0.29, 0.717) is 10.8 Å². The highest BCUT2D eigenvalue weighted by molar-refractivity contribution is 5.26. The van der Waals surface area contributed by atoms with Gasteiger partial charge in [-0.25, -0.2) is 0 Å². The van der Waals surface area contributed by atoms with Gasteiger partial charge in [0.25, 0.3) is 0 Å². The van der Waals surface area contributed by atoms with Crippen LogP contribution >= 0.6 is 0 Å². The highest BCUT2D eigenvalue weighted by atomic mass is 14.6. The molecule has 0 aliphatic heterocycles. The van der Waals surface area contributed by atoms with Crippen LogP contribution in [-0.2, 0) is 0 Å². The van der Waals surface area contributed by atoms with Gasteiger partial charge in [0.1, 0.15) is 0 Å². The van der Waals surface area contributed by atoms with E-state index in [4.69, 9.17) is 0 Å². The van der Waals surface area contributed by atoms with Gasteiger partial charge in [0.15, 0.2) is 0 Å². The summed E-state index contributed by atoms with van der Waals surface area (Å²) < 4.78 is 0. The standard InChI is InChI=1S/C34H58/c1-23(2)11-10-12-24(3)29-15-16-30-28-14-13-27-22-26(21-25(4)32(5,6)7)17-19-33(27,8)31(28)18-20-34(29,30)9/h13,23-24,26,28-31H,4,10-12,14-22H2,1-3,5-9H3. The Labute approximate surface area is 213 Å². The summed E-state index contributed by atoms with van der Waals surface area (Å²) in [5.41, 5.74) is 4.67. The fourth-order valence-electron chi connectivity index (χ4n) is 9.59. The van der Waals surface area contributed by atoms with Crippen molar-refractivity contribution in [3.63, 3.8) is 0 Å². The van der Waals surface area contributed by atoms with Crippen molar-refractivity contribution in [3.8, 4) is 0 Å². The van der Waals surface area contributed by atoms with Crippen molar-refractivity contribution in [2.75, 3.05) is 0 Å². The topological polar surface area (TPSA) is 0 Å². The summed E-state index contributed by atoms with van der Waals surface area (Å²) in [4.78, 5) is 0. The summed E-state index contributed by atoms with van der Waals surface area (Å²) in [5, 5.41) is 0. The average molecular weight is 467 g/mol. The van der Waals surface area contributed by atoms with E-state index in [2.05, 4.69) is 68.0 Å². The summed E-state index contributed by atoms with van der Waals surface area (Å²) in [6.07, 6.45) is 20.0. The zero-order valence-corrected chi connectivity index (χ0v) is 24.3. The molecule has 8 atom stereocenters. The van der Waals surface area contributed by atoms with Crippen molar-refractivity contribution in [1.82, 2.24) is 0 Å². The van der Waals surface area contributed by atoms with Gasteiger partial charge in [-0.2, -0.15) is 0 Å². The van der Waals surface area contributed by atoms with Gasteiger partial charge in [0.05, 0.1) is 0 Å². The lowest BCUT2D eigenvalue weighted by molar-refractivity contribution is -0.0527. The second-order valence-corrected chi connectivity index (χ2v) is 15.5. The van der Waals surface area contributed by atoms with Crippen molar-refractivity contribution >= 4 is 0 Å². The van der Waals surface area contributed by atoms with Gasteiger partial charge in [-0.05, 0) is 115 Å². The zero-order valence-electron chi connectivity index (χ0n) is 24.3. The quantitative estimate of drug-likeness (QED) is 0.327. The Morgan fingerprint density at radius 1 is 1.00 bits per heavy atom. The fraction of sp³-hybridized carbons (Fsp3) is 0.882. The Kier molecular flexibility index (Phi) is 7.60. The van der Waals surface area contributed by atoms with Crippen molar-refractivity contribution in [1.29, 1.82) is 0 Å². The Bertz CT molecular complexity index is 761. The molecule has 4 aliphatic rings. The minimum atomic E-state index is 0.256. The molecule has 194 valence electrons. The second-order valence-electron chi connectivity index (χ2n) is 15.5. The van der Waals surface area contributed by atoms with Crippen LogP contribution in [0, 0.1) is 57.7 Å². The van der Waals surface area contributed by atoms with Crippen molar-refractivity contribution in [2.45, 2.75) is 132 Å². The molecule has 0 aromatic heterocycles. The van der Waals surface area contributed by atoms with E-state index in [-0.39, 0.29) is 5.41 Å². The van der Waals surface area contributed by atoms with Crippen molar-refractivity contribution < 1.29 is 0 Å². The Morgan fingerprint density at radius 3 is 2.41 bits per heavy atom. The van der Waals surface area contributed by atoms with Crippen LogP contribution in [0.2, 0.25) is 0 Å². The fourth-order valence-corrected chi connectivity index (χ4v) is 9.59. The lowest BCUT2D eigenvalue weighted by Gasteiger charge is -2.58. The third-order valence-corrected chi connectivity index (χ3v) is 12.0. The molecule has 4 rings (SSSR count). The van der Waals surface area contributed by atoms with E-state index in [1.807, 2.05) is 5.57 Å². The van der Waals surface area contributed by atoms with E-state index >= 15 is 0 Å². The van der Waals surface area contributed by atoms with Gasteiger partial charge in [-0.1, -0.05) is 98.5 Å². The van der Waals surface area contributed by atoms with Crippen LogP contribution in [0.4, 0.5) is 0 Å². The predicted octanol–water partition coefficient (Wildman–Crippen LogP) is 10.6. The molecule has 0 radical (unpaired) electrons. The smallest absolute Gasteiger partial charge is 0.00851 e. The Morgan fingerprint density at radius 2 is 1.74 bits per heavy atom. The summed E-state index contributed by atoms with van der Waals surface area (Å²) in [7, 11) is 0. The van der Waals surface area contributed by atoms with Crippen molar-refractivity contribution in [2.24, 2.45) is 57.7 Å². The van der Waals surface area contributed by atoms with Crippen LogP contribution in [0.1, 0.15) is 132 Å². The third-order valence-electron chi connectivity index (χ3n) is 12.0. The summed E-state index contributed by atoms with van der Waals surface area (Å²) in [6.45, 7) is 24.3. The normalized spacial score (nSPS) is 40.9. The Balaban J connectivity index is 1.44. The molecule has 0 N–H and O–H groups in total. The lowest BCUT2D eigenvalue weighted by atomic mass is 9.46. The molecule has 0 heteroatoms. The van der Waals surface area contributed by atoms with E-state index in [0.717, 1.165) is 41.4 Å². The average Bonchev–Trinajstić information content (AvgIpc) is 3.10. The molecular formula is C34H58. The molecule has 0 amide bonds. The SMILES string of the molecule is C=C(CC1CCC2(C)C(=CCC3C2CCC2(C)C(C(C)CCCC(C)C)CCC32)C1)C(C)(C)C. The predicted molar refractivity (Wildman–Crippen MR) is 150 cm³/mol. The molecule has 0 aromatic carbocycles. The molecule has 0 heterocycles. The van der Waals surface area contributed by atoms with E-state index in [1.165, 1.54) is 82.6 Å². The molecule has 0 saturated heterocycles. The van der Waals surface area contributed by atoms with E-state index in [9.17, 15) is 0 Å². The molecule has 0 nitrogen and oxygen atoms in total. The molecule has 4 aliphatic carbocycles. The van der Waals surface area contributed by atoms with E-state index in [1.54, 1.807) is 0 Å². The number of hydrogen-bond acceptors (Lipinski definition) is 0. The largest absolute Gasteiger partial charge is 0.0993 e. The molecule has 3 fully saturated rings. The molecular weight excluding hydrogens is 408 g/mol. The molecule has 0 spiro atoms.